The van der Waals surface area contributed by atoms with E-state index >= 15 is 0 Å². The third-order valence-corrected chi connectivity index (χ3v) is 4.72. The Hall–Kier alpha value is -2.27. The van der Waals surface area contributed by atoms with Crippen molar-refractivity contribution in [1.29, 1.82) is 0 Å². The summed E-state index contributed by atoms with van der Waals surface area (Å²) in [6, 6.07) is 11.2. The Bertz CT molecular complexity index is 713. The predicted molar refractivity (Wildman–Crippen MR) is 97.9 cm³/mol. The summed E-state index contributed by atoms with van der Waals surface area (Å²) >= 11 is 0. The molecule has 3 rings (SSSR count). The van der Waals surface area contributed by atoms with Gasteiger partial charge in [-0.1, -0.05) is 0 Å². The fourth-order valence-corrected chi connectivity index (χ4v) is 3.14. The van der Waals surface area contributed by atoms with Crippen molar-refractivity contribution in [2.75, 3.05) is 24.5 Å². The van der Waals surface area contributed by atoms with E-state index < -0.39 is 5.60 Å². The smallest absolute Gasteiger partial charge is 0.251 e. The maximum atomic E-state index is 12.3. The summed E-state index contributed by atoms with van der Waals surface area (Å²) in [6.45, 7) is 5.70. The Kier molecular flexibility index (Phi) is 5.13. The molecular formula is C20H26N2O3. The summed E-state index contributed by atoms with van der Waals surface area (Å²) in [5.41, 5.74) is 0.513. The molecule has 0 aliphatic carbocycles. The molecule has 2 aromatic rings. The van der Waals surface area contributed by atoms with E-state index in [1.54, 1.807) is 19.1 Å². The van der Waals surface area contributed by atoms with Gasteiger partial charge in [-0.15, -0.1) is 0 Å². The zero-order chi connectivity index (χ0) is 17.9. The van der Waals surface area contributed by atoms with E-state index in [2.05, 4.69) is 10.2 Å². The van der Waals surface area contributed by atoms with Crippen molar-refractivity contribution in [3.63, 3.8) is 0 Å². The second-order valence-corrected chi connectivity index (χ2v) is 6.96. The van der Waals surface area contributed by atoms with Crippen molar-refractivity contribution in [3.8, 4) is 0 Å². The molecule has 0 bridgehead atoms. The highest BCUT2D eigenvalue weighted by Gasteiger charge is 2.27. The molecule has 1 aromatic heterocycles. The number of nitrogens with zero attached hydrogens (tertiary/aromatic N) is 1. The maximum Gasteiger partial charge on any atom is 0.251 e. The van der Waals surface area contributed by atoms with Gasteiger partial charge < -0.3 is 19.7 Å². The number of hydrogen-bond acceptors (Lipinski definition) is 4. The highest BCUT2D eigenvalue weighted by atomic mass is 16.4. The number of piperidine rings is 1. The molecule has 1 fully saturated rings. The Balaban J connectivity index is 1.59. The average Bonchev–Trinajstić information content (AvgIpc) is 3.08. The molecule has 1 aliphatic rings. The van der Waals surface area contributed by atoms with Crippen LogP contribution in [-0.2, 0) is 5.60 Å². The van der Waals surface area contributed by atoms with Gasteiger partial charge in [-0.05, 0) is 69.5 Å². The van der Waals surface area contributed by atoms with Crippen LogP contribution in [0.1, 0.15) is 48.1 Å². The highest BCUT2D eigenvalue weighted by Crippen LogP contribution is 2.23. The number of aryl methyl sites for hydroxylation is 1. The summed E-state index contributed by atoms with van der Waals surface area (Å²) < 4.78 is 5.46. The molecule has 5 nitrogen and oxygen atoms in total. The molecule has 1 aliphatic heterocycles. The first-order valence-corrected chi connectivity index (χ1v) is 8.88. The second kappa shape index (κ2) is 7.31. The van der Waals surface area contributed by atoms with E-state index in [4.69, 9.17) is 4.42 Å². The lowest BCUT2D eigenvalue weighted by Gasteiger charge is -2.28. The second-order valence-electron chi connectivity index (χ2n) is 6.96. The number of aliphatic hydroxyl groups is 1. The van der Waals surface area contributed by atoms with Gasteiger partial charge in [-0.2, -0.15) is 0 Å². The zero-order valence-corrected chi connectivity index (χ0v) is 14.9. The number of nitrogens with one attached hydrogen (secondary N) is 1. The van der Waals surface area contributed by atoms with Crippen LogP contribution in [0.4, 0.5) is 5.69 Å². The predicted octanol–water partition coefficient (Wildman–Crippen LogP) is 3.22. The van der Waals surface area contributed by atoms with E-state index in [1.807, 2.05) is 31.2 Å². The van der Waals surface area contributed by atoms with Crippen LogP contribution in [0.3, 0.4) is 0 Å². The number of hydrogen-bond donors (Lipinski definition) is 2. The van der Waals surface area contributed by atoms with Gasteiger partial charge in [0, 0.05) is 24.3 Å². The van der Waals surface area contributed by atoms with Crippen molar-refractivity contribution in [3.05, 3.63) is 53.5 Å². The van der Waals surface area contributed by atoms with Gasteiger partial charge in [0.1, 0.15) is 17.1 Å². The summed E-state index contributed by atoms with van der Waals surface area (Å²) in [6.07, 6.45) is 3.75. The van der Waals surface area contributed by atoms with Crippen LogP contribution in [0, 0.1) is 6.92 Å². The Morgan fingerprint density at radius 3 is 2.44 bits per heavy atom. The minimum absolute atomic E-state index is 0.0899. The lowest BCUT2D eigenvalue weighted by Crippen LogP contribution is -2.38. The number of rotatable bonds is 5. The molecule has 25 heavy (non-hydrogen) atoms. The van der Waals surface area contributed by atoms with E-state index in [0.717, 1.165) is 24.5 Å². The molecule has 1 amide bonds. The summed E-state index contributed by atoms with van der Waals surface area (Å²) in [4.78, 5) is 14.7. The van der Waals surface area contributed by atoms with Crippen molar-refractivity contribution in [1.82, 2.24) is 5.32 Å². The number of anilines is 1. The first-order valence-electron chi connectivity index (χ1n) is 8.88. The first kappa shape index (κ1) is 17.5. The molecule has 0 radical (unpaired) electrons. The van der Waals surface area contributed by atoms with Crippen LogP contribution in [0.2, 0.25) is 0 Å². The Labute approximate surface area is 148 Å². The van der Waals surface area contributed by atoms with E-state index in [1.165, 1.54) is 19.3 Å². The summed E-state index contributed by atoms with van der Waals surface area (Å²) in [5.74, 6) is 0.981. The SMILES string of the molecule is Cc1ccc(C(C)(O)CNC(=O)c2ccc(N3CCCCC3)cc2)o1. The molecule has 1 unspecified atom stereocenters. The van der Waals surface area contributed by atoms with Crippen molar-refractivity contribution < 1.29 is 14.3 Å². The number of amides is 1. The molecule has 1 aromatic carbocycles. The minimum Gasteiger partial charge on any atom is -0.463 e. The number of carbonyl (C=O) groups is 1. The topological polar surface area (TPSA) is 65.7 Å². The Morgan fingerprint density at radius 1 is 1.16 bits per heavy atom. The molecule has 134 valence electrons. The van der Waals surface area contributed by atoms with Gasteiger partial charge in [0.2, 0.25) is 0 Å². The standard InChI is InChI=1S/C20H26N2O3/c1-15-6-11-18(25-15)20(2,24)14-21-19(23)16-7-9-17(10-8-16)22-12-4-3-5-13-22/h6-11,24H,3-5,12-14H2,1-2H3,(H,21,23). The van der Waals surface area contributed by atoms with Crippen LogP contribution in [0.25, 0.3) is 0 Å². The minimum atomic E-state index is -1.24. The van der Waals surface area contributed by atoms with Crippen molar-refractivity contribution in [2.45, 2.75) is 38.7 Å². The third-order valence-electron chi connectivity index (χ3n) is 4.72. The van der Waals surface area contributed by atoms with E-state index in [-0.39, 0.29) is 12.5 Å². The first-order chi connectivity index (χ1) is 12.0. The third kappa shape index (κ3) is 4.23. The molecule has 5 heteroatoms. The largest absolute Gasteiger partial charge is 0.463 e. The van der Waals surface area contributed by atoms with Crippen LogP contribution in [0.5, 0.6) is 0 Å². The van der Waals surface area contributed by atoms with Gasteiger partial charge in [-0.3, -0.25) is 4.79 Å². The quantitative estimate of drug-likeness (QED) is 0.876. The van der Waals surface area contributed by atoms with Crippen LogP contribution in [0.15, 0.2) is 40.8 Å². The van der Waals surface area contributed by atoms with Gasteiger partial charge in [0.05, 0.1) is 6.54 Å². The van der Waals surface area contributed by atoms with Gasteiger partial charge in [-0.25, -0.2) is 0 Å². The van der Waals surface area contributed by atoms with Crippen LogP contribution >= 0.6 is 0 Å². The zero-order valence-electron chi connectivity index (χ0n) is 14.9. The molecule has 0 spiro atoms. The number of carbonyl (C=O) groups excluding carboxylic acids is 1. The van der Waals surface area contributed by atoms with Gasteiger partial charge in [0.15, 0.2) is 0 Å². The number of furan rings is 1. The van der Waals surface area contributed by atoms with Crippen molar-refractivity contribution in [2.24, 2.45) is 0 Å². The average molecular weight is 342 g/mol. The molecule has 1 saturated heterocycles. The Morgan fingerprint density at radius 2 is 1.84 bits per heavy atom. The monoisotopic (exact) mass is 342 g/mol. The molecule has 2 N–H and O–H groups in total. The summed E-state index contributed by atoms with van der Waals surface area (Å²) in [5, 5.41) is 13.3. The molecule has 1 atom stereocenters. The lowest BCUT2D eigenvalue weighted by molar-refractivity contribution is 0.0323. The van der Waals surface area contributed by atoms with Crippen LogP contribution < -0.4 is 10.2 Å². The van der Waals surface area contributed by atoms with Gasteiger partial charge in [0.25, 0.3) is 5.91 Å². The molecule has 2 heterocycles. The van der Waals surface area contributed by atoms with Crippen LogP contribution in [-0.4, -0.2) is 30.6 Å². The maximum absolute atomic E-state index is 12.3. The summed E-state index contributed by atoms with van der Waals surface area (Å²) in [7, 11) is 0. The van der Waals surface area contributed by atoms with E-state index in [9.17, 15) is 9.90 Å². The van der Waals surface area contributed by atoms with E-state index in [0.29, 0.717) is 11.3 Å². The normalized spacial score (nSPS) is 17.2. The fourth-order valence-electron chi connectivity index (χ4n) is 3.14. The fraction of sp³-hybridized carbons (Fsp3) is 0.450. The molecule has 0 saturated carbocycles. The van der Waals surface area contributed by atoms with Crippen molar-refractivity contribution >= 4 is 11.6 Å². The van der Waals surface area contributed by atoms with Gasteiger partial charge >= 0.3 is 0 Å². The highest BCUT2D eigenvalue weighted by molar-refractivity contribution is 5.94. The lowest BCUT2D eigenvalue weighted by atomic mass is 10.0. The number of benzene rings is 1. The molecular weight excluding hydrogens is 316 g/mol.